The number of benzene rings is 3. The second-order valence-corrected chi connectivity index (χ2v) is 10.4. The number of anilines is 1. The second kappa shape index (κ2) is 10.4. The van der Waals surface area contributed by atoms with Gasteiger partial charge in [0.15, 0.2) is 5.16 Å². The number of hydrogen-bond donors (Lipinski definition) is 1. The predicted octanol–water partition coefficient (Wildman–Crippen LogP) is 6.41. The van der Waals surface area contributed by atoms with Crippen LogP contribution < -0.4 is 15.6 Å². The fraction of sp³-hybridized carbons (Fsp3) is 0.0870. The zero-order chi connectivity index (χ0) is 23.5. The molecule has 0 atom stereocenters. The van der Waals surface area contributed by atoms with Gasteiger partial charge in [0.25, 0.3) is 5.56 Å². The monoisotopic (exact) mass is 651 g/mol. The number of hydrogen-bond acceptors (Lipinski definition) is 5. The van der Waals surface area contributed by atoms with E-state index in [-0.39, 0.29) is 17.2 Å². The van der Waals surface area contributed by atoms with Crippen molar-refractivity contribution in [3.05, 3.63) is 84.4 Å². The van der Waals surface area contributed by atoms with E-state index in [2.05, 4.69) is 58.1 Å². The van der Waals surface area contributed by atoms with Gasteiger partial charge in [-0.25, -0.2) is 4.98 Å². The van der Waals surface area contributed by atoms with Crippen LogP contribution in [0.4, 0.5) is 5.69 Å². The number of ether oxygens (including phenoxy) is 1. The van der Waals surface area contributed by atoms with Crippen molar-refractivity contribution in [2.75, 3.05) is 18.2 Å². The first kappa shape index (κ1) is 24.0. The summed E-state index contributed by atoms with van der Waals surface area (Å²) in [5.74, 6) is 0.516. The van der Waals surface area contributed by atoms with Crippen LogP contribution in [-0.2, 0) is 4.79 Å². The molecule has 1 aromatic heterocycles. The van der Waals surface area contributed by atoms with Crippen molar-refractivity contribution in [2.45, 2.75) is 5.16 Å². The molecule has 33 heavy (non-hydrogen) atoms. The van der Waals surface area contributed by atoms with Crippen LogP contribution in [0.1, 0.15) is 0 Å². The van der Waals surface area contributed by atoms with E-state index in [4.69, 9.17) is 4.74 Å². The molecule has 0 unspecified atom stereocenters. The minimum absolute atomic E-state index is 0.0654. The SMILES string of the molecule is COc1ccc(-n2c(SCC(=O)Nc3c(Br)cc(Br)cc3Br)nc3ccccc3c2=O)cc1. The first-order valence-electron chi connectivity index (χ1n) is 9.61. The standard InChI is InChI=1S/C23H16Br3N3O3S/c1-32-15-8-6-14(7-9-15)29-22(31)16-4-2-3-5-19(16)27-23(29)33-12-20(30)28-21-17(25)10-13(24)11-18(21)26/h2-11H,12H2,1H3,(H,28,30). The lowest BCUT2D eigenvalue weighted by Gasteiger charge is -2.14. The minimum atomic E-state index is -0.229. The van der Waals surface area contributed by atoms with Crippen molar-refractivity contribution in [3.63, 3.8) is 0 Å². The molecule has 0 aliphatic rings. The Morgan fingerprint density at radius 1 is 1.06 bits per heavy atom. The Morgan fingerprint density at radius 2 is 1.73 bits per heavy atom. The largest absolute Gasteiger partial charge is 0.497 e. The highest BCUT2D eigenvalue weighted by Crippen LogP contribution is 2.34. The quantitative estimate of drug-likeness (QED) is 0.192. The average molecular weight is 654 g/mol. The van der Waals surface area contributed by atoms with Gasteiger partial charge in [0.05, 0.1) is 35.1 Å². The van der Waals surface area contributed by atoms with Crippen LogP contribution in [0.3, 0.4) is 0 Å². The zero-order valence-corrected chi connectivity index (χ0v) is 22.7. The number of nitrogens with one attached hydrogen (secondary N) is 1. The molecular formula is C23H16Br3N3O3S. The van der Waals surface area contributed by atoms with Crippen LogP contribution in [0, 0.1) is 0 Å². The van der Waals surface area contributed by atoms with Gasteiger partial charge in [-0.05, 0) is 80.4 Å². The molecule has 0 spiro atoms. The van der Waals surface area contributed by atoms with Crippen LogP contribution >= 0.6 is 59.6 Å². The van der Waals surface area contributed by atoms with Crippen molar-refractivity contribution in [3.8, 4) is 11.4 Å². The third kappa shape index (κ3) is 5.34. The Hall–Kier alpha value is -2.14. The van der Waals surface area contributed by atoms with Gasteiger partial charge in [0.1, 0.15) is 5.75 Å². The van der Waals surface area contributed by atoms with E-state index >= 15 is 0 Å². The highest BCUT2D eigenvalue weighted by Gasteiger charge is 2.16. The molecule has 0 radical (unpaired) electrons. The van der Waals surface area contributed by atoms with E-state index in [9.17, 15) is 9.59 Å². The molecule has 1 amide bonds. The maximum Gasteiger partial charge on any atom is 0.266 e. The summed E-state index contributed by atoms with van der Waals surface area (Å²) >= 11 is 11.5. The summed E-state index contributed by atoms with van der Waals surface area (Å²) in [6.07, 6.45) is 0. The Balaban J connectivity index is 1.67. The van der Waals surface area contributed by atoms with Crippen molar-refractivity contribution >= 4 is 82.0 Å². The van der Waals surface area contributed by atoms with Gasteiger partial charge < -0.3 is 10.1 Å². The lowest BCUT2D eigenvalue weighted by molar-refractivity contribution is -0.113. The lowest BCUT2D eigenvalue weighted by Crippen LogP contribution is -2.23. The number of thioether (sulfide) groups is 1. The Labute approximate surface area is 219 Å². The summed E-state index contributed by atoms with van der Waals surface area (Å²) in [6, 6.07) is 18.0. The van der Waals surface area contributed by atoms with Gasteiger partial charge in [-0.15, -0.1) is 0 Å². The summed E-state index contributed by atoms with van der Waals surface area (Å²) in [6.45, 7) is 0. The number of rotatable bonds is 6. The minimum Gasteiger partial charge on any atom is -0.497 e. The molecule has 3 aromatic carbocycles. The van der Waals surface area contributed by atoms with Crippen LogP contribution in [0.5, 0.6) is 5.75 Å². The Bertz CT molecular complexity index is 1380. The molecule has 168 valence electrons. The van der Waals surface area contributed by atoms with Crippen LogP contribution in [-0.4, -0.2) is 28.3 Å². The van der Waals surface area contributed by atoms with Gasteiger partial charge in [-0.1, -0.05) is 39.8 Å². The highest BCUT2D eigenvalue weighted by atomic mass is 79.9. The number of methoxy groups -OCH3 is 1. The van der Waals surface area contributed by atoms with E-state index in [1.165, 1.54) is 16.3 Å². The number of amides is 1. The summed E-state index contributed by atoms with van der Waals surface area (Å²) in [5, 5.41) is 3.82. The number of carbonyl (C=O) groups excluding carboxylic acids is 1. The molecule has 10 heteroatoms. The van der Waals surface area contributed by atoms with Gasteiger partial charge in [0, 0.05) is 13.4 Å². The van der Waals surface area contributed by atoms with Crippen molar-refractivity contribution in [1.29, 1.82) is 0 Å². The number of nitrogens with zero attached hydrogens (tertiary/aromatic N) is 2. The number of aromatic nitrogens is 2. The third-order valence-electron chi connectivity index (χ3n) is 4.68. The average Bonchev–Trinajstić information content (AvgIpc) is 2.80. The fourth-order valence-corrected chi connectivity index (χ4v) is 6.40. The second-order valence-electron chi connectivity index (χ2n) is 6.83. The van der Waals surface area contributed by atoms with E-state index in [0.29, 0.717) is 33.2 Å². The lowest BCUT2D eigenvalue weighted by atomic mass is 10.2. The molecule has 1 heterocycles. The molecular weight excluding hydrogens is 638 g/mol. The fourth-order valence-electron chi connectivity index (χ4n) is 3.14. The van der Waals surface area contributed by atoms with E-state index in [0.717, 1.165) is 13.4 Å². The molecule has 4 rings (SSSR count). The van der Waals surface area contributed by atoms with E-state index < -0.39 is 0 Å². The zero-order valence-electron chi connectivity index (χ0n) is 17.1. The van der Waals surface area contributed by atoms with E-state index in [1.807, 2.05) is 18.2 Å². The van der Waals surface area contributed by atoms with Crippen molar-refractivity contribution < 1.29 is 9.53 Å². The molecule has 0 fully saturated rings. The molecule has 0 saturated heterocycles. The number of carbonyl (C=O) groups is 1. The topological polar surface area (TPSA) is 73.2 Å². The smallest absolute Gasteiger partial charge is 0.266 e. The molecule has 0 aliphatic carbocycles. The number of para-hydroxylation sites is 1. The first-order valence-corrected chi connectivity index (χ1v) is 13.0. The Kier molecular flexibility index (Phi) is 7.58. The maximum absolute atomic E-state index is 13.3. The summed E-state index contributed by atoms with van der Waals surface area (Å²) in [4.78, 5) is 30.7. The van der Waals surface area contributed by atoms with Crippen LogP contribution in [0.2, 0.25) is 0 Å². The molecule has 0 aliphatic heterocycles. The van der Waals surface area contributed by atoms with Gasteiger partial charge in [-0.2, -0.15) is 0 Å². The molecule has 6 nitrogen and oxygen atoms in total. The van der Waals surface area contributed by atoms with Crippen LogP contribution in [0.15, 0.2) is 84.0 Å². The van der Waals surface area contributed by atoms with Gasteiger partial charge in [0.2, 0.25) is 5.91 Å². The first-order chi connectivity index (χ1) is 15.9. The number of fused-ring (bicyclic) bond motifs is 1. The van der Waals surface area contributed by atoms with Gasteiger partial charge in [-0.3, -0.25) is 14.2 Å². The summed E-state index contributed by atoms with van der Waals surface area (Å²) < 4.78 is 9.09. The highest BCUT2D eigenvalue weighted by molar-refractivity contribution is 9.11. The molecule has 4 aromatic rings. The van der Waals surface area contributed by atoms with E-state index in [1.54, 1.807) is 49.6 Å². The third-order valence-corrected chi connectivity index (χ3v) is 7.33. The predicted molar refractivity (Wildman–Crippen MR) is 143 cm³/mol. The summed E-state index contributed by atoms with van der Waals surface area (Å²) in [5.41, 5.74) is 1.64. The van der Waals surface area contributed by atoms with Crippen LogP contribution in [0.25, 0.3) is 16.6 Å². The van der Waals surface area contributed by atoms with Crippen molar-refractivity contribution in [2.24, 2.45) is 0 Å². The normalized spacial score (nSPS) is 10.9. The Morgan fingerprint density at radius 3 is 2.39 bits per heavy atom. The molecule has 1 N–H and O–H groups in total. The number of halogens is 3. The molecule has 0 saturated carbocycles. The van der Waals surface area contributed by atoms with Gasteiger partial charge >= 0.3 is 0 Å². The maximum atomic E-state index is 13.3. The molecule has 0 bridgehead atoms. The summed E-state index contributed by atoms with van der Waals surface area (Å²) in [7, 11) is 1.58. The van der Waals surface area contributed by atoms with Crippen molar-refractivity contribution in [1.82, 2.24) is 9.55 Å².